The van der Waals surface area contributed by atoms with E-state index in [0.717, 1.165) is 11.3 Å². The Hall–Kier alpha value is -2.37. The second kappa shape index (κ2) is 7.59. The zero-order valence-electron chi connectivity index (χ0n) is 12.8. The molecule has 0 aliphatic carbocycles. The van der Waals surface area contributed by atoms with Crippen molar-refractivity contribution in [1.29, 1.82) is 0 Å². The fraction of sp³-hybridized carbons (Fsp3) is 0.375. The van der Waals surface area contributed by atoms with Crippen molar-refractivity contribution < 1.29 is 13.6 Å². The maximum atomic E-state index is 12.9. The summed E-state index contributed by atoms with van der Waals surface area (Å²) in [6.45, 7) is 5.73. The van der Waals surface area contributed by atoms with Gasteiger partial charge in [-0.25, -0.2) is 14.2 Å². The highest BCUT2D eigenvalue weighted by molar-refractivity contribution is 5.74. The van der Waals surface area contributed by atoms with Gasteiger partial charge in [0.25, 0.3) is 0 Å². The van der Waals surface area contributed by atoms with Crippen LogP contribution in [0.3, 0.4) is 0 Å². The molecule has 0 bridgehead atoms. The van der Waals surface area contributed by atoms with E-state index in [2.05, 4.69) is 10.3 Å². The molecular weight excluding hydrogens is 285 g/mol. The van der Waals surface area contributed by atoms with Crippen LogP contribution < -0.4 is 5.32 Å². The first-order valence-electron chi connectivity index (χ1n) is 7.37. The normalized spacial score (nSPS) is 10.5. The van der Waals surface area contributed by atoms with Gasteiger partial charge in [0.05, 0.1) is 5.69 Å². The molecule has 0 saturated heterocycles. The van der Waals surface area contributed by atoms with Crippen LogP contribution in [-0.4, -0.2) is 35.5 Å². The number of rotatable bonds is 6. The van der Waals surface area contributed by atoms with Crippen molar-refractivity contribution in [3.8, 4) is 11.5 Å². The van der Waals surface area contributed by atoms with E-state index in [1.165, 1.54) is 12.1 Å². The van der Waals surface area contributed by atoms with Gasteiger partial charge in [0, 0.05) is 31.6 Å². The van der Waals surface area contributed by atoms with Crippen molar-refractivity contribution in [3.63, 3.8) is 0 Å². The van der Waals surface area contributed by atoms with E-state index in [4.69, 9.17) is 4.42 Å². The second-order valence-corrected chi connectivity index (χ2v) is 4.81. The van der Waals surface area contributed by atoms with Crippen LogP contribution in [0.1, 0.15) is 19.5 Å². The lowest BCUT2D eigenvalue weighted by Crippen LogP contribution is -2.40. The molecule has 2 rings (SSSR count). The first-order chi connectivity index (χ1) is 10.6. The van der Waals surface area contributed by atoms with Crippen LogP contribution in [0.4, 0.5) is 9.18 Å². The molecule has 6 heteroatoms. The van der Waals surface area contributed by atoms with Gasteiger partial charge in [-0.15, -0.1) is 0 Å². The Bertz CT molecular complexity index is 606. The molecule has 1 aromatic carbocycles. The van der Waals surface area contributed by atoms with Crippen LogP contribution in [0.2, 0.25) is 0 Å². The molecule has 0 aliphatic heterocycles. The molecule has 0 aliphatic rings. The van der Waals surface area contributed by atoms with Crippen LogP contribution in [-0.2, 0) is 6.42 Å². The topological polar surface area (TPSA) is 58.4 Å². The minimum Gasteiger partial charge on any atom is -0.444 e. The van der Waals surface area contributed by atoms with Crippen LogP contribution >= 0.6 is 0 Å². The summed E-state index contributed by atoms with van der Waals surface area (Å²) in [6.07, 6.45) is 2.14. The number of hydrogen-bond donors (Lipinski definition) is 1. The number of carbonyl (C=O) groups excluding carboxylic acids is 1. The zero-order valence-corrected chi connectivity index (χ0v) is 12.8. The van der Waals surface area contributed by atoms with Gasteiger partial charge in [-0.1, -0.05) is 0 Å². The first-order valence-corrected chi connectivity index (χ1v) is 7.37. The predicted octanol–water partition coefficient (Wildman–Crippen LogP) is 3.07. The van der Waals surface area contributed by atoms with Crippen LogP contribution in [0.25, 0.3) is 11.5 Å². The van der Waals surface area contributed by atoms with E-state index in [0.29, 0.717) is 31.9 Å². The molecule has 5 nitrogen and oxygen atoms in total. The van der Waals surface area contributed by atoms with Crippen molar-refractivity contribution in [2.24, 2.45) is 0 Å². The number of halogens is 1. The van der Waals surface area contributed by atoms with E-state index in [9.17, 15) is 9.18 Å². The molecule has 0 unspecified atom stereocenters. The van der Waals surface area contributed by atoms with Crippen LogP contribution in [0.5, 0.6) is 0 Å². The molecule has 118 valence electrons. The smallest absolute Gasteiger partial charge is 0.317 e. The van der Waals surface area contributed by atoms with Crippen molar-refractivity contribution in [3.05, 3.63) is 42.0 Å². The third-order valence-corrected chi connectivity index (χ3v) is 3.35. The number of nitrogens with one attached hydrogen (secondary N) is 1. The van der Waals surface area contributed by atoms with Gasteiger partial charge in [0.2, 0.25) is 5.89 Å². The fourth-order valence-electron chi connectivity index (χ4n) is 2.07. The molecule has 1 N–H and O–H groups in total. The Kier molecular flexibility index (Phi) is 5.52. The highest BCUT2D eigenvalue weighted by Gasteiger charge is 2.10. The number of amides is 2. The van der Waals surface area contributed by atoms with Crippen molar-refractivity contribution in [2.45, 2.75) is 20.3 Å². The Morgan fingerprint density at radius 3 is 2.59 bits per heavy atom. The van der Waals surface area contributed by atoms with Gasteiger partial charge >= 0.3 is 6.03 Å². The monoisotopic (exact) mass is 305 g/mol. The number of carbonyl (C=O) groups is 1. The zero-order chi connectivity index (χ0) is 15.9. The summed E-state index contributed by atoms with van der Waals surface area (Å²) in [7, 11) is 0. The third kappa shape index (κ3) is 4.07. The molecular formula is C16H20FN3O2. The molecule has 0 saturated carbocycles. The van der Waals surface area contributed by atoms with Crippen molar-refractivity contribution in [1.82, 2.24) is 15.2 Å². The molecule has 0 spiro atoms. The Morgan fingerprint density at radius 1 is 1.27 bits per heavy atom. The maximum absolute atomic E-state index is 12.9. The molecule has 0 radical (unpaired) electrons. The Balaban J connectivity index is 1.87. The summed E-state index contributed by atoms with van der Waals surface area (Å²) in [6, 6.07) is 5.89. The average molecular weight is 305 g/mol. The highest BCUT2D eigenvalue weighted by Crippen LogP contribution is 2.18. The lowest BCUT2D eigenvalue weighted by atomic mass is 10.2. The minimum atomic E-state index is -0.297. The molecule has 2 aromatic rings. The quantitative estimate of drug-likeness (QED) is 0.892. The van der Waals surface area contributed by atoms with E-state index in [-0.39, 0.29) is 11.8 Å². The molecule has 22 heavy (non-hydrogen) atoms. The lowest BCUT2D eigenvalue weighted by molar-refractivity contribution is 0.203. The van der Waals surface area contributed by atoms with Gasteiger partial charge in [-0.05, 0) is 38.1 Å². The fourth-order valence-corrected chi connectivity index (χ4v) is 2.07. The summed E-state index contributed by atoms with van der Waals surface area (Å²) in [5.41, 5.74) is 1.47. The standard InChI is InChI=1S/C16H20FN3O2/c1-3-20(4-2)16(21)18-10-9-14-11-22-15(19-14)12-5-7-13(17)8-6-12/h5-8,11H,3-4,9-10H2,1-2H3,(H,18,21). The number of benzene rings is 1. The summed E-state index contributed by atoms with van der Waals surface area (Å²) < 4.78 is 18.3. The van der Waals surface area contributed by atoms with E-state index in [1.807, 2.05) is 13.8 Å². The summed E-state index contributed by atoms with van der Waals surface area (Å²) in [5.74, 6) is 0.153. The van der Waals surface area contributed by atoms with Gasteiger partial charge in [-0.3, -0.25) is 0 Å². The van der Waals surface area contributed by atoms with E-state index >= 15 is 0 Å². The molecule has 0 atom stereocenters. The molecule has 1 heterocycles. The summed E-state index contributed by atoms with van der Waals surface area (Å²) in [5, 5.41) is 2.85. The minimum absolute atomic E-state index is 0.0766. The highest BCUT2D eigenvalue weighted by atomic mass is 19.1. The summed E-state index contributed by atoms with van der Waals surface area (Å²) in [4.78, 5) is 17.8. The molecule has 0 fully saturated rings. The Morgan fingerprint density at radius 2 is 1.95 bits per heavy atom. The van der Waals surface area contributed by atoms with Crippen LogP contribution in [0.15, 0.2) is 34.9 Å². The van der Waals surface area contributed by atoms with Gasteiger partial charge < -0.3 is 14.6 Å². The van der Waals surface area contributed by atoms with Gasteiger partial charge in [0.15, 0.2) is 0 Å². The number of urea groups is 1. The average Bonchev–Trinajstić information content (AvgIpc) is 2.98. The molecule has 1 aromatic heterocycles. The van der Waals surface area contributed by atoms with Crippen molar-refractivity contribution in [2.75, 3.05) is 19.6 Å². The van der Waals surface area contributed by atoms with E-state index in [1.54, 1.807) is 23.3 Å². The Labute approximate surface area is 129 Å². The predicted molar refractivity (Wildman–Crippen MR) is 81.9 cm³/mol. The van der Waals surface area contributed by atoms with Crippen LogP contribution in [0, 0.1) is 5.82 Å². The van der Waals surface area contributed by atoms with Gasteiger partial charge in [-0.2, -0.15) is 0 Å². The first kappa shape index (κ1) is 16.0. The van der Waals surface area contributed by atoms with Crippen molar-refractivity contribution >= 4 is 6.03 Å². The maximum Gasteiger partial charge on any atom is 0.317 e. The largest absolute Gasteiger partial charge is 0.444 e. The number of hydrogen-bond acceptors (Lipinski definition) is 3. The van der Waals surface area contributed by atoms with Gasteiger partial charge in [0.1, 0.15) is 12.1 Å². The third-order valence-electron chi connectivity index (χ3n) is 3.35. The summed E-state index contributed by atoms with van der Waals surface area (Å²) >= 11 is 0. The second-order valence-electron chi connectivity index (χ2n) is 4.81. The molecule has 2 amide bonds. The lowest BCUT2D eigenvalue weighted by Gasteiger charge is -2.18. The number of nitrogens with zero attached hydrogens (tertiary/aromatic N) is 2. The van der Waals surface area contributed by atoms with E-state index < -0.39 is 0 Å². The SMILES string of the molecule is CCN(CC)C(=O)NCCc1coc(-c2ccc(F)cc2)n1. The number of aromatic nitrogens is 1. The number of oxazole rings is 1.